The van der Waals surface area contributed by atoms with Crippen molar-refractivity contribution in [3.05, 3.63) is 0 Å². The summed E-state index contributed by atoms with van der Waals surface area (Å²) in [7, 11) is 0. The molecule has 0 aromatic heterocycles. The Morgan fingerprint density at radius 2 is 2.14 bits per heavy atom. The van der Waals surface area contributed by atoms with Gasteiger partial charge in [-0.25, -0.2) is 5.84 Å². The standard InChI is InChI=1S/C10H23N3O/c1-4-9(3)8-13(5-2)7-6-10(14)12-11/h9H,4-8,11H2,1-3H3,(H,12,14). The molecule has 0 spiro atoms. The van der Waals surface area contributed by atoms with Crippen LogP contribution in [0.1, 0.15) is 33.6 Å². The molecule has 14 heavy (non-hydrogen) atoms. The molecule has 0 rings (SSSR count). The summed E-state index contributed by atoms with van der Waals surface area (Å²) in [6.45, 7) is 9.37. The third-order valence-corrected chi connectivity index (χ3v) is 2.53. The van der Waals surface area contributed by atoms with Crippen LogP contribution in [0.5, 0.6) is 0 Å². The summed E-state index contributed by atoms with van der Waals surface area (Å²) in [5.74, 6) is 5.61. The first-order chi connectivity index (χ1) is 6.63. The third-order valence-electron chi connectivity index (χ3n) is 2.53. The van der Waals surface area contributed by atoms with Crippen molar-refractivity contribution in [3.63, 3.8) is 0 Å². The van der Waals surface area contributed by atoms with Gasteiger partial charge in [0.25, 0.3) is 0 Å². The summed E-state index contributed by atoms with van der Waals surface area (Å²) >= 11 is 0. The first kappa shape index (κ1) is 13.4. The molecule has 4 nitrogen and oxygen atoms in total. The highest BCUT2D eigenvalue weighted by Gasteiger charge is 2.08. The molecule has 1 amide bonds. The number of nitrogens with one attached hydrogen (secondary N) is 1. The largest absolute Gasteiger partial charge is 0.303 e. The number of amides is 1. The van der Waals surface area contributed by atoms with Crippen LogP contribution in [0.4, 0.5) is 0 Å². The van der Waals surface area contributed by atoms with Crippen LogP contribution in [-0.4, -0.2) is 30.4 Å². The Labute approximate surface area is 86.8 Å². The molecule has 4 heteroatoms. The van der Waals surface area contributed by atoms with E-state index in [1.165, 1.54) is 6.42 Å². The molecular formula is C10H23N3O. The summed E-state index contributed by atoms with van der Waals surface area (Å²) in [4.78, 5) is 13.2. The Balaban J connectivity index is 3.73. The number of hydrogen-bond acceptors (Lipinski definition) is 3. The zero-order valence-corrected chi connectivity index (χ0v) is 9.55. The Hall–Kier alpha value is -0.610. The molecule has 0 heterocycles. The van der Waals surface area contributed by atoms with E-state index in [0.29, 0.717) is 12.3 Å². The number of hydrazine groups is 1. The molecule has 1 atom stereocenters. The second kappa shape index (κ2) is 7.76. The highest BCUT2D eigenvalue weighted by molar-refractivity contribution is 5.75. The lowest BCUT2D eigenvalue weighted by Crippen LogP contribution is -2.35. The van der Waals surface area contributed by atoms with E-state index in [-0.39, 0.29) is 5.91 Å². The van der Waals surface area contributed by atoms with Crippen molar-refractivity contribution in [2.45, 2.75) is 33.6 Å². The second-order valence-corrected chi connectivity index (χ2v) is 3.72. The van der Waals surface area contributed by atoms with Crippen LogP contribution in [0.15, 0.2) is 0 Å². The quantitative estimate of drug-likeness (QED) is 0.363. The van der Waals surface area contributed by atoms with Crippen LogP contribution in [0.2, 0.25) is 0 Å². The molecule has 0 aliphatic heterocycles. The summed E-state index contributed by atoms with van der Waals surface area (Å²) < 4.78 is 0. The van der Waals surface area contributed by atoms with Crippen molar-refractivity contribution in [3.8, 4) is 0 Å². The summed E-state index contributed by atoms with van der Waals surface area (Å²) in [5.41, 5.74) is 2.15. The molecule has 0 saturated heterocycles. The predicted octanol–water partition coefficient (Wildman–Crippen LogP) is 0.734. The molecule has 0 aliphatic carbocycles. The number of rotatable bonds is 7. The van der Waals surface area contributed by atoms with Gasteiger partial charge >= 0.3 is 0 Å². The summed E-state index contributed by atoms with van der Waals surface area (Å²) in [6, 6.07) is 0. The van der Waals surface area contributed by atoms with E-state index in [0.717, 1.165) is 19.6 Å². The van der Waals surface area contributed by atoms with Crippen LogP contribution in [0.25, 0.3) is 0 Å². The summed E-state index contributed by atoms with van der Waals surface area (Å²) in [6.07, 6.45) is 1.67. The van der Waals surface area contributed by atoms with Crippen molar-refractivity contribution in [1.29, 1.82) is 0 Å². The maximum atomic E-state index is 10.9. The van der Waals surface area contributed by atoms with Crippen LogP contribution >= 0.6 is 0 Å². The lowest BCUT2D eigenvalue weighted by molar-refractivity contribution is -0.121. The molecule has 0 aromatic carbocycles. The minimum Gasteiger partial charge on any atom is -0.303 e. The minimum absolute atomic E-state index is 0.0902. The number of hydrogen-bond donors (Lipinski definition) is 2. The maximum absolute atomic E-state index is 10.9. The zero-order chi connectivity index (χ0) is 11.0. The van der Waals surface area contributed by atoms with Gasteiger partial charge in [-0.05, 0) is 12.5 Å². The molecule has 84 valence electrons. The SMILES string of the molecule is CCC(C)CN(CC)CCC(=O)NN. The zero-order valence-electron chi connectivity index (χ0n) is 9.55. The summed E-state index contributed by atoms with van der Waals surface area (Å²) in [5, 5.41) is 0. The average molecular weight is 201 g/mol. The predicted molar refractivity (Wildman–Crippen MR) is 58.5 cm³/mol. The van der Waals surface area contributed by atoms with E-state index in [1.54, 1.807) is 0 Å². The van der Waals surface area contributed by atoms with Crippen molar-refractivity contribution in [2.24, 2.45) is 11.8 Å². The Bertz CT molecular complexity index is 161. The lowest BCUT2D eigenvalue weighted by Gasteiger charge is -2.23. The van der Waals surface area contributed by atoms with Gasteiger partial charge in [0.1, 0.15) is 0 Å². The molecule has 0 saturated carbocycles. The van der Waals surface area contributed by atoms with Gasteiger partial charge < -0.3 is 4.90 Å². The molecule has 0 radical (unpaired) electrons. The Morgan fingerprint density at radius 1 is 1.50 bits per heavy atom. The number of nitrogens with zero attached hydrogens (tertiary/aromatic N) is 1. The van der Waals surface area contributed by atoms with Crippen LogP contribution in [0.3, 0.4) is 0 Å². The van der Waals surface area contributed by atoms with E-state index in [2.05, 4.69) is 31.1 Å². The fourth-order valence-corrected chi connectivity index (χ4v) is 1.28. The van der Waals surface area contributed by atoms with Gasteiger partial charge in [-0.15, -0.1) is 0 Å². The van der Waals surface area contributed by atoms with Gasteiger partial charge in [0.15, 0.2) is 0 Å². The molecule has 0 fully saturated rings. The monoisotopic (exact) mass is 201 g/mol. The normalized spacial score (nSPS) is 12.9. The van der Waals surface area contributed by atoms with E-state index >= 15 is 0 Å². The fourth-order valence-electron chi connectivity index (χ4n) is 1.28. The highest BCUT2D eigenvalue weighted by atomic mass is 16.2. The molecule has 0 aliphatic rings. The van der Waals surface area contributed by atoms with Gasteiger partial charge in [0.05, 0.1) is 0 Å². The van der Waals surface area contributed by atoms with Crippen LogP contribution in [-0.2, 0) is 4.79 Å². The molecule has 1 unspecified atom stereocenters. The lowest BCUT2D eigenvalue weighted by atomic mass is 10.1. The number of carbonyl (C=O) groups excluding carboxylic acids is 1. The van der Waals surface area contributed by atoms with Crippen molar-refractivity contribution < 1.29 is 4.79 Å². The fraction of sp³-hybridized carbons (Fsp3) is 0.900. The molecule has 0 aromatic rings. The average Bonchev–Trinajstić information content (AvgIpc) is 2.22. The number of nitrogens with two attached hydrogens (primary N) is 1. The van der Waals surface area contributed by atoms with Crippen molar-refractivity contribution >= 4 is 5.91 Å². The van der Waals surface area contributed by atoms with Gasteiger partial charge in [-0.1, -0.05) is 27.2 Å². The topological polar surface area (TPSA) is 58.4 Å². The molecule has 3 N–H and O–H groups in total. The van der Waals surface area contributed by atoms with Gasteiger partial charge in [-0.3, -0.25) is 10.2 Å². The minimum atomic E-state index is -0.0902. The van der Waals surface area contributed by atoms with Crippen LogP contribution in [0, 0.1) is 5.92 Å². The van der Waals surface area contributed by atoms with Gasteiger partial charge in [-0.2, -0.15) is 0 Å². The van der Waals surface area contributed by atoms with E-state index in [9.17, 15) is 4.79 Å². The Kier molecular flexibility index (Phi) is 7.42. The number of carbonyl (C=O) groups is 1. The van der Waals surface area contributed by atoms with Gasteiger partial charge in [0.2, 0.25) is 5.91 Å². The van der Waals surface area contributed by atoms with E-state index in [1.807, 2.05) is 0 Å². The van der Waals surface area contributed by atoms with Crippen molar-refractivity contribution in [2.75, 3.05) is 19.6 Å². The smallest absolute Gasteiger partial charge is 0.235 e. The Morgan fingerprint density at radius 3 is 2.57 bits per heavy atom. The molecular weight excluding hydrogens is 178 g/mol. The second-order valence-electron chi connectivity index (χ2n) is 3.72. The third kappa shape index (κ3) is 5.94. The molecule has 0 bridgehead atoms. The van der Waals surface area contributed by atoms with Crippen LogP contribution < -0.4 is 11.3 Å². The van der Waals surface area contributed by atoms with Gasteiger partial charge in [0, 0.05) is 19.5 Å². The van der Waals surface area contributed by atoms with Crippen molar-refractivity contribution in [1.82, 2.24) is 10.3 Å². The van der Waals surface area contributed by atoms with E-state index in [4.69, 9.17) is 5.84 Å². The van der Waals surface area contributed by atoms with E-state index < -0.39 is 0 Å². The first-order valence-corrected chi connectivity index (χ1v) is 5.35. The maximum Gasteiger partial charge on any atom is 0.235 e. The highest BCUT2D eigenvalue weighted by Crippen LogP contribution is 2.04. The first-order valence-electron chi connectivity index (χ1n) is 5.35.